The first-order chi connectivity index (χ1) is 8.01. The fraction of sp³-hybridized carbons (Fsp3) is 0.571. The molecule has 0 saturated heterocycles. The van der Waals surface area contributed by atoms with Gasteiger partial charge in [-0.05, 0) is 61.9 Å². The molecule has 2 nitrogen and oxygen atoms in total. The van der Waals surface area contributed by atoms with Crippen molar-refractivity contribution in [3.05, 3.63) is 27.8 Å². The Morgan fingerprint density at radius 3 is 2.59 bits per heavy atom. The van der Waals surface area contributed by atoms with Gasteiger partial charge in [0.05, 0.1) is 7.11 Å². The molecule has 0 saturated carbocycles. The molecule has 0 heterocycles. The van der Waals surface area contributed by atoms with E-state index in [1.54, 1.807) is 7.11 Å². The number of aryl methyl sites for hydroxylation is 1. The van der Waals surface area contributed by atoms with Crippen LogP contribution in [-0.4, -0.2) is 13.7 Å². The van der Waals surface area contributed by atoms with E-state index in [4.69, 9.17) is 22.1 Å². The first-order valence-corrected chi connectivity index (χ1v) is 6.41. The molecule has 1 rings (SSSR count). The van der Waals surface area contributed by atoms with Crippen LogP contribution in [-0.2, 0) is 6.42 Å². The average Bonchev–Trinajstić information content (AvgIpc) is 2.33. The molecule has 0 bridgehead atoms. The van der Waals surface area contributed by atoms with Crippen molar-refractivity contribution in [3.63, 3.8) is 0 Å². The Kier molecular flexibility index (Phi) is 5.29. The second kappa shape index (κ2) is 6.27. The normalized spacial score (nSPS) is 12.6. The Bertz CT molecular complexity index is 390. The van der Waals surface area contributed by atoms with Crippen molar-refractivity contribution in [2.24, 2.45) is 11.7 Å². The lowest BCUT2D eigenvalue weighted by atomic mass is 9.96. The molecule has 0 aliphatic heterocycles. The summed E-state index contributed by atoms with van der Waals surface area (Å²) in [6.07, 6.45) is 2.03. The molecule has 0 aliphatic rings. The fourth-order valence-corrected chi connectivity index (χ4v) is 2.13. The van der Waals surface area contributed by atoms with E-state index in [0.29, 0.717) is 5.92 Å². The molecule has 1 aromatic carbocycles. The lowest BCUT2D eigenvalue weighted by molar-refractivity contribution is 0.406. The van der Waals surface area contributed by atoms with Gasteiger partial charge < -0.3 is 10.5 Å². The topological polar surface area (TPSA) is 35.2 Å². The monoisotopic (exact) mass is 255 g/mol. The van der Waals surface area contributed by atoms with Crippen LogP contribution >= 0.6 is 11.6 Å². The maximum atomic E-state index is 6.28. The van der Waals surface area contributed by atoms with Gasteiger partial charge in [-0.3, -0.25) is 0 Å². The maximum absolute atomic E-state index is 6.28. The Labute approximate surface area is 109 Å². The third-order valence-corrected chi connectivity index (χ3v) is 3.86. The number of benzene rings is 1. The Morgan fingerprint density at radius 1 is 1.41 bits per heavy atom. The van der Waals surface area contributed by atoms with Gasteiger partial charge in [-0.15, -0.1) is 0 Å². The van der Waals surface area contributed by atoms with Crippen LogP contribution in [0.15, 0.2) is 6.07 Å². The molecule has 96 valence electrons. The van der Waals surface area contributed by atoms with Gasteiger partial charge in [0.25, 0.3) is 0 Å². The van der Waals surface area contributed by atoms with Gasteiger partial charge >= 0.3 is 0 Å². The van der Waals surface area contributed by atoms with Crippen LogP contribution in [0.4, 0.5) is 0 Å². The summed E-state index contributed by atoms with van der Waals surface area (Å²) in [4.78, 5) is 0. The summed E-state index contributed by atoms with van der Waals surface area (Å²) in [7, 11) is 1.71. The number of hydrogen-bond donors (Lipinski definition) is 1. The summed E-state index contributed by atoms with van der Waals surface area (Å²) in [6.45, 7) is 6.95. The van der Waals surface area contributed by atoms with Gasteiger partial charge in [0.1, 0.15) is 5.75 Å². The van der Waals surface area contributed by atoms with Gasteiger partial charge in [-0.1, -0.05) is 18.5 Å². The lowest BCUT2D eigenvalue weighted by Gasteiger charge is -2.16. The number of ether oxygens (including phenoxy) is 1. The lowest BCUT2D eigenvalue weighted by Crippen LogP contribution is -2.12. The SMILES string of the molecule is COc1cc(C)c(Cl)c(C)c1CCC(C)CN. The second-order valence-electron chi connectivity index (χ2n) is 4.69. The number of methoxy groups -OCH3 is 1. The standard InChI is InChI=1S/C14H22ClNO/c1-9(8-16)5-6-12-11(3)14(15)10(2)7-13(12)17-4/h7,9H,5-6,8,16H2,1-4H3. The third kappa shape index (κ3) is 3.36. The molecule has 1 aromatic rings. The number of nitrogens with two attached hydrogens (primary N) is 1. The van der Waals surface area contributed by atoms with Gasteiger partial charge in [-0.25, -0.2) is 0 Å². The van der Waals surface area contributed by atoms with Crippen molar-refractivity contribution in [2.45, 2.75) is 33.6 Å². The molecule has 0 amide bonds. The predicted molar refractivity (Wildman–Crippen MR) is 74.0 cm³/mol. The Hall–Kier alpha value is -0.730. The molecule has 0 spiro atoms. The third-order valence-electron chi connectivity index (χ3n) is 3.28. The molecule has 0 aliphatic carbocycles. The highest BCUT2D eigenvalue weighted by molar-refractivity contribution is 6.32. The Morgan fingerprint density at radius 2 is 2.06 bits per heavy atom. The molecular formula is C14H22ClNO. The van der Waals surface area contributed by atoms with Gasteiger partial charge in [0.2, 0.25) is 0 Å². The zero-order valence-electron chi connectivity index (χ0n) is 11.1. The zero-order valence-corrected chi connectivity index (χ0v) is 11.9. The number of hydrogen-bond acceptors (Lipinski definition) is 2. The summed E-state index contributed by atoms with van der Waals surface area (Å²) in [5.74, 6) is 1.47. The van der Waals surface area contributed by atoms with E-state index in [0.717, 1.165) is 41.3 Å². The van der Waals surface area contributed by atoms with Crippen LogP contribution in [0.2, 0.25) is 5.02 Å². The molecule has 1 unspecified atom stereocenters. The highest BCUT2D eigenvalue weighted by Crippen LogP contribution is 2.32. The van der Waals surface area contributed by atoms with Crippen molar-refractivity contribution < 1.29 is 4.74 Å². The number of rotatable bonds is 5. The van der Waals surface area contributed by atoms with Crippen molar-refractivity contribution in [1.82, 2.24) is 0 Å². The Balaban J connectivity index is 3.00. The highest BCUT2D eigenvalue weighted by atomic mass is 35.5. The summed E-state index contributed by atoms with van der Waals surface area (Å²) < 4.78 is 5.44. The fourth-order valence-electron chi connectivity index (χ4n) is 1.96. The van der Waals surface area contributed by atoms with Crippen LogP contribution < -0.4 is 10.5 Å². The minimum atomic E-state index is 0.527. The molecule has 2 N–H and O–H groups in total. The highest BCUT2D eigenvalue weighted by Gasteiger charge is 2.13. The molecular weight excluding hydrogens is 234 g/mol. The zero-order chi connectivity index (χ0) is 13.0. The first-order valence-electron chi connectivity index (χ1n) is 6.03. The predicted octanol–water partition coefficient (Wildman–Crippen LogP) is 3.49. The largest absolute Gasteiger partial charge is 0.496 e. The summed E-state index contributed by atoms with van der Waals surface area (Å²) in [5.41, 5.74) is 9.05. The molecule has 0 radical (unpaired) electrons. The number of halogens is 1. The minimum Gasteiger partial charge on any atom is -0.496 e. The summed E-state index contributed by atoms with van der Waals surface area (Å²) in [6, 6.07) is 2.01. The maximum Gasteiger partial charge on any atom is 0.122 e. The summed E-state index contributed by atoms with van der Waals surface area (Å²) >= 11 is 6.28. The van der Waals surface area contributed by atoms with Crippen molar-refractivity contribution >= 4 is 11.6 Å². The van der Waals surface area contributed by atoms with Crippen molar-refractivity contribution in [3.8, 4) is 5.75 Å². The van der Waals surface area contributed by atoms with Crippen LogP contribution in [0.1, 0.15) is 30.0 Å². The molecule has 0 fully saturated rings. The van der Waals surface area contributed by atoms with E-state index in [1.165, 1.54) is 5.56 Å². The average molecular weight is 256 g/mol. The van der Waals surface area contributed by atoms with E-state index < -0.39 is 0 Å². The smallest absolute Gasteiger partial charge is 0.122 e. The van der Waals surface area contributed by atoms with Crippen LogP contribution in [0.25, 0.3) is 0 Å². The molecule has 0 aromatic heterocycles. The van der Waals surface area contributed by atoms with Gasteiger partial charge in [0.15, 0.2) is 0 Å². The van der Waals surface area contributed by atoms with Crippen molar-refractivity contribution in [2.75, 3.05) is 13.7 Å². The van der Waals surface area contributed by atoms with Crippen LogP contribution in [0.3, 0.4) is 0 Å². The van der Waals surface area contributed by atoms with E-state index in [-0.39, 0.29) is 0 Å². The van der Waals surface area contributed by atoms with Crippen LogP contribution in [0.5, 0.6) is 5.75 Å². The molecule has 17 heavy (non-hydrogen) atoms. The van der Waals surface area contributed by atoms with E-state index in [1.807, 2.05) is 13.0 Å². The summed E-state index contributed by atoms with van der Waals surface area (Å²) in [5, 5.41) is 0.848. The second-order valence-corrected chi connectivity index (χ2v) is 5.07. The van der Waals surface area contributed by atoms with Gasteiger partial charge in [0, 0.05) is 5.02 Å². The van der Waals surface area contributed by atoms with E-state index in [2.05, 4.69) is 13.8 Å². The van der Waals surface area contributed by atoms with Crippen LogP contribution in [0, 0.1) is 19.8 Å². The minimum absolute atomic E-state index is 0.527. The van der Waals surface area contributed by atoms with E-state index >= 15 is 0 Å². The molecule has 3 heteroatoms. The van der Waals surface area contributed by atoms with Gasteiger partial charge in [-0.2, -0.15) is 0 Å². The quantitative estimate of drug-likeness (QED) is 0.874. The van der Waals surface area contributed by atoms with E-state index in [9.17, 15) is 0 Å². The first kappa shape index (κ1) is 14.3. The van der Waals surface area contributed by atoms with Crippen molar-refractivity contribution in [1.29, 1.82) is 0 Å². The molecule has 1 atom stereocenters.